The van der Waals surface area contributed by atoms with E-state index in [0.717, 1.165) is 63.5 Å². The van der Waals surface area contributed by atoms with E-state index >= 15 is 0 Å². The number of rotatable bonds is 14. The highest BCUT2D eigenvalue weighted by Crippen LogP contribution is 2.48. The Balaban J connectivity index is 1.64. The van der Waals surface area contributed by atoms with Crippen LogP contribution in [0.5, 0.6) is 5.75 Å². The second kappa shape index (κ2) is 13.6. The van der Waals surface area contributed by atoms with Gasteiger partial charge < -0.3 is 24.4 Å². The van der Waals surface area contributed by atoms with E-state index in [2.05, 4.69) is 19.9 Å². The van der Waals surface area contributed by atoms with Gasteiger partial charge in [0, 0.05) is 5.92 Å². The van der Waals surface area contributed by atoms with Crippen molar-refractivity contribution < 1.29 is 29.2 Å². The molecule has 2 aliphatic rings. The number of hydrogen-bond donors (Lipinski definition) is 2. The molecule has 0 spiro atoms. The van der Waals surface area contributed by atoms with Crippen molar-refractivity contribution in [2.45, 2.75) is 103 Å². The fourth-order valence-electron chi connectivity index (χ4n) is 5.95. The number of ether oxygens (including phenoxy) is 3. The highest BCUT2D eigenvalue weighted by molar-refractivity contribution is 5.71. The smallest absolute Gasteiger partial charge is 0.343 e. The number of methoxy groups -OCH3 is 1. The molecule has 0 aromatic heterocycles. The Hall–Kier alpha value is -1.63. The van der Waals surface area contributed by atoms with Crippen molar-refractivity contribution in [2.24, 2.45) is 23.7 Å². The van der Waals surface area contributed by atoms with E-state index in [0.29, 0.717) is 11.8 Å². The van der Waals surface area contributed by atoms with Crippen molar-refractivity contribution in [1.29, 1.82) is 0 Å². The van der Waals surface area contributed by atoms with Crippen LogP contribution in [-0.4, -0.2) is 48.4 Å². The third-order valence-electron chi connectivity index (χ3n) is 8.33. The van der Waals surface area contributed by atoms with Crippen molar-refractivity contribution in [3.05, 3.63) is 29.3 Å². The fourth-order valence-corrected chi connectivity index (χ4v) is 5.95. The predicted octanol–water partition coefficient (Wildman–Crippen LogP) is 5.06. The summed E-state index contributed by atoms with van der Waals surface area (Å²) in [7, 11) is 1.36. The summed E-state index contributed by atoms with van der Waals surface area (Å²) in [5.41, 5.74) is 2.43. The Morgan fingerprint density at radius 3 is 2.69 bits per heavy atom. The molecule has 35 heavy (non-hydrogen) atoms. The molecule has 2 aliphatic carbocycles. The Morgan fingerprint density at radius 2 is 1.97 bits per heavy atom. The van der Waals surface area contributed by atoms with Crippen LogP contribution in [0.3, 0.4) is 0 Å². The van der Waals surface area contributed by atoms with E-state index < -0.39 is 6.29 Å². The van der Waals surface area contributed by atoms with E-state index in [4.69, 9.17) is 14.2 Å². The van der Waals surface area contributed by atoms with Gasteiger partial charge in [-0.15, -0.1) is 0 Å². The summed E-state index contributed by atoms with van der Waals surface area (Å²) >= 11 is 0. The zero-order chi connectivity index (χ0) is 25.4. The molecule has 7 atom stereocenters. The van der Waals surface area contributed by atoms with E-state index in [1.807, 2.05) is 19.1 Å². The molecule has 0 aliphatic heterocycles. The molecule has 1 aromatic carbocycles. The van der Waals surface area contributed by atoms with Crippen molar-refractivity contribution in [3.63, 3.8) is 0 Å². The largest absolute Gasteiger partial charge is 0.482 e. The molecule has 1 saturated carbocycles. The lowest BCUT2D eigenvalue weighted by atomic mass is 9.73. The molecule has 2 N–H and O–H groups in total. The number of carbonyl (C=O) groups excluding carboxylic acids is 1. The van der Waals surface area contributed by atoms with Gasteiger partial charge in [0.05, 0.1) is 19.3 Å². The number of carbonyl (C=O) groups is 1. The van der Waals surface area contributed by atoms with Crippen LogP contribution >= 0.6 is 0 Å². The molecular formula is C29H46O6. The van der Waals surface area contributed by atoms with Crippen LogP contribution in [0.15, 0.2) is 18.2 Å². The van der Waals surface area contributed by atoms with E-state index in [-0.39, 0.29) is 36.6 Å². The molecule has 1 unspecified atom stereocenters. The predicted molar refractivity (Wildman–Crippen MR) is 136 cm³/mol. The maximum Gasteiger partial charge on any atom is 0.343 e. The Bertz CT molecular complexity index is 795. The average Bonchev–Trinajstić information content (AvgIpc) is 3.17. The zero-order valence-electron chi connectivity index (χ0n) is 22.1. The molecule has 6 nitrogen and oxygen atoms in total. The second-order valence-corrected chi connectivity index (χ2v) is 10.7. The first kappa shape index (κ1) is 27.9. The molecule has 0 saturated heterocycles. The van der Waals surface area contributed by atoms with Crippen molar-refractivity contribution >= 4 is 5.97 Å². The van der Waals surface area contributed by atoms with Gasteiger partial charge in [0.1, 0.15) is 5.75 Å². The normalized spacial score (nSPS) is 25.9. The molecule has 1 fully saturated rings. The van der Waals surface area contributed by atoms with Gasteiger partial charge in [-0.3, -0.25) is 0 Å². The first-order chi connectivity index (χ1) is 16.9. The first-order valence-electron chi connectivity index (χ1n) is 13.7. The molecule has 6 heteroatoms. The maximum absolute atomic E-state index is 11.5. The summed E-state index contributed by atoms with van der Waals surface area (Å²) in [6.07, 6.45) is 8.68. The number of aliphatic hydroxyl groups is 2. The number of esters is 1. The number of hydrogen-bond acceptors (Lipinski definition) is 6. The summed E-state index contributed by atoms with van der Waals surface area (Å²) in [5, 5.41) is 21.5. The minimum absolute atomic E-state index is 0.0333. The average molecular weight is 491 g/mol. The first-order valence-corrected chi connectivity index (χ1v) is 13.7. The Labute approximate surface area is 211 Å². The zero-order valence-corrected chi connectivity index (χ0v) is 22.1. The van der Waals surface area contributed by atoms with Crippen molar-refractivity contribution in [1.82, 2.24) is 0 Å². The van der Waals surface area contributed by atoms with Gasteiger partial charge >= 0.3 is 5.97 Å². The minimum Gasteiger partial charge on any atom is -0.482 e. The number of benzene rings is 1. The summed E-state index contributed by atoms with van der Waals surface area (Å²) in [5.74, 6) is 1.58. The third-order valence-corrected chi connectivity index (χ3v) is 8.33. The SMILES string of the molecule is CCCCC[C@H](CC[C@@H]1[C@H]2Cc3cccc(OCC(=O)OC)c3C[C@H]2C[C@H]1O)OC(O)[C@@H](C)CC. The molecule has 0 amide bonds. The summed E-state index contributed by atoms with van der Waals surface area (Å²) in [6, 6.07) is 6.06. The Morgan fingerprint density at radius 1 is 1.17 bits per heavy atom. The number of fused-ring (bicyclic) bond motifs is 2. The van der Waals surface area contributed by atoms with Gasteiger partial charge in [0.2, 0.25) is 0 Å². The van der Waals surface area contributed by atoms with Gasteiger partial charge in [0.25, 0.3) is 0 Å². The van der Waals surface area contributed by atoms with E-state index in [1.54, 1.807) is 0 Å². The molecule has 0 bridgehead atoms. The van der Waals surface area contributed by atoms with Gasteiger partial charge in [-0.05, 0) is 79.9 Å². The molecule has 0 radical (unpaired) electrons. The van der Waals surface area contributed by atoms with Crippen molar-refractivity contribution in [2.75, 3.05) is 13.7 Å². The van der Waals surface area contributed by atoms with Crippen LogP contribution in [0, 0.1) is 23.7 Å². The van der Waals surface area contributed by atoms with Crippen LogP contribution in [0.2, 0.25) is 0 Å². The Kier molecular flexibility index (Phi) is 10.9. The standard InChI is InChI=1S/C29H46O6/c1-5-7-8-11-22(35-29(32)19(3)6-2)13-14-23-24-15-20-10-9-12-27(34-18-28(31)33-4)25(20)16-21(24)17-26(23)30/h9-10,12,19,21-24,26,29-30,32H,5-8,11,13-18H2,1-4H3/t19-,21-,22+,23+,24-,26+,29?/m0/s1. The summed E-state index contributed by atoms with van der Waals surface area (Å²) in [6.45, 7) is 6.22. The second-order valence-electron chi connectivity index (χ2n) is 10.7. The van der Waals surface area contributed by atoms with Gasteiger partial charge in [0.15, 0.2) is 12.9 Å². The van der Waals surface area contributed by atoms with Crippen LogP contribution in [-0.2, 0) is 27.1 Å². The molecule has 198 valence electrons. The van der Waals surface area contributed by atoms with Crippen LogP contribution < -0.4 is 4.74 Å². The lowest BCUT2D eigenvalue weighted by Crippen LogP contribution is -2.30. The fraction of sp³-hybridized carbons (Fsp3) is 0.759. The third kappa shape index (κ3) is 7.43. The van der Waals surface area contributed by atoms with Crippen LogP contribution in [0.1, 0.15) is 83.3 Å². The molecule has 0 heterocycles. The van der Waals surface area contributed by atoms with Crippen LogP contribution in [0.4, 0.5) is 0 Å². The quantitative estimate of drug-likeness (QED) is 0.215. The molecular weight excluding hydrogens is 444 g/mol. The van der Waals surface area contributed by atoms with Gasteiger partial charge in [-0.2, -0.15) is 0 Å². The lowest BCUT2D eigenvalue weighted by Gasteiger charge is -2.33. The monoisotopic (exact) mass is 490 g/mol. The number of aliphatic hydroxyl groups excluding tert-OH is 2. The highest BCUT2D eigenvalue weighted by Gasteiger charge is 2.45. The summed E-state index contributed by atoms with van der Waals surface area (Å²) in [4.78, 5) is 11.5. The van der Waals surface area contributed by atoms with Gasteiger partial charge in [-0.1, -0.05) is 52.2 Å². The number of unbranched alkanes of at least 4 members (excludes halogenated alkanes) is 2. The highest BCUT2D eigenvalue weighted by atomic mass is 16.6. The molecule has 1 aromatic rings. The van der Waals surface area contributed by atoms with Crippen molar-refractivity contribution in [3.8, 4) is 5.75 Å². The topological polar surface area (TPSA) is 85.2 Å². The lowest BCUT2D eigenvalue weighted by molar-refractivity contribution is -0.167. The molecule has 3 rings (SSSR count). The minimum atomic E-state index is -0.724. The van der Waals surface area contributed by atoms with Gasteiger partial charge in [-0.25, -0.2) is 4.79 Å². The van der Waals surface area contributed by atoms with E-state index in [1.165, 1.54) is 24.7 Å². The van der Waals surface area contributed by atoms with Crippen LogP contribution in [0.25, 0.3) is 0 Å². The maximum atomic E-state index is 11.5. The summed E-state index contributed by atoms with van der Waals surface area (Å²) < 4.78 is 16.6. The van der Waals surface area contributed by atoms with E-state index in [9.17, 15) is 15.0 Å².